The van der Waals surface area contributed by atoms with Gasteiger partial charge in [-0.05, 0) is 44.1 Å². The van der Waals surface area contributed by atoms with Crippen molar-refractivity contribution >= 4 is 0 Å². The van der Waals surface area contributed by atoms with Gasteiger partial charge in [-0.1, -0.05) is 12.1 Å². The lowest BCUT2D eigenvalue weighted by Gasteiger charge is -2.31. The molecule has 0 bridgehead atoms. The summed E-state index contributed by atoms with van der Waals surface area (Å²) in [4.78, 5) is 2.36. The van der Waals surface area contributed by atoms with Crippen LogP contribution in [0.15, 0.2) is 24.3 Å². The highest BCUT2D eigenvalue weighted by molar-refractivity contribution is 5.27. The molecule has 88 valence electrons. The van der Waals surface area contributed by atoms with Gasteiger partial charge in [-0.3, -0.25) is 4.90 Å². The summed E-state index contributed by atoms with van der Waals surface area (Å²) >= 11 is 0. The fourth-order valence-electron chi connectivity index (χ4n) is 2.28. The highest BCUT2D eigenvalue weighted by atomic mass is 16.3. The molecule has 1 fully saturated rings. The average Bonchev–Trinajstić information content (AvgIpc) is 2.30. The smallest absolute Gasteiger partial charge is 0.115 e. The van der Waals surface area contributed by atoms with Crippen LogP contribution in [-0.2, 0) is 6.54 Å². The molecule has 0 saturated carbocycles. The third kappa shape index (κ3) is 2.97. The van der Waals surface area contributed by atoms with Crippen molar-refractivity contribution in [1.82, 2.24) is 10.2 Å². The van der Waals surface area contributed by atoms with Gasteiger partial charge in [0.15, 0.2) is 0 Å². The van der Waals surface area contributed by atoms with Crippen LogP contribution in [0.4, 0.5) is 0 Å². The zero-order chi connectivity index (χ0) is 11.4. The molecule has 1 aliphatic rings. The first kappa shape index (κ1) is 11.4. The molecule has 0 amide bonds. The summed E-state index contributed by atoms with van der Waals surface area (Å²) in [6, 6.07) is 8.14. The largest absolute Gasteiger partial charge is 0.508 e. The van der Waals surface area contributed by atoms with Crippen molar-refractivity contribution < 1.29 is 5.11 Å². The Bertz CT molecular complexity index is 334. The molecule has 1 aliphatic heterocycles. The molecular weight excluding hydrogens is 200 g/mol. The Morgan fingerprint density at radius 3 is 3.06 bits per heavy atom. The van der Waals surface area contributed by atoms with Gasteiger partial charge in [-0.15, -0.1) is 0 Å². The molecule has 3 heteroatoms. The van der Waals surface area contributed by atoms with Gasteiger partial charge >= 0.3 is 0 Å². The predicted molar refractivity (Wildman–Crippen MR) is 65.5 cm³/mol. The Balaban J connectivity index is 1.93. The molecule has 1 atom stereocenters. The van der Waals surface area contributed by atoms with E-state index in [0.717, 1.165) is 19.6 Å². The Morgan fingerprint density at radius 1 is 1.50 bits per heavy atom. The van der Waals surface area contributed by atoms with E-state index < -0.39 is 0 Å². The van der Waals surface area contributed by atoms with E-state index in [2.05, 4.69) is 23.3 Å². The normalized spacial score (nSPS) is 21.2. The van der Waals surface area contributed by atoms with Crippen molar-refractivity contribution in [2.24, 2.45) is 0 Å². The van der Waals surface area contributed by atoms with Gasteiger partial charge in [0.2, 0.25) is 0 Å². The number of likely N-dealkylation sites (N-methyl/N-ethyl adjacent to an activating group) is 1. The maximum atomic E-state index is 9.41. The van der Waals surface area contributed by atoms with Crippen molar-refractivity contribution in [3.05, 3.63) is 29.8 Å². The molecule has 0 aromatic heterocycles. The Morgan fingerprint density at radius 2 is 2.38 bits per heavy atom. The molecular formula is C13H20N2O. The maximum absolute atomic E-state index is 9.41. The first-order valence-electron chi connectivity index (χ1n) is 5.94. The predicted octanol–water partition coefficient (Wildman–Crippen LogP) is 1.58. The minimum Gasteiger partial charge on any atom is -0.508 e. The molecule has 1 unspecified atom stereocenters. The second-order valence-electron chi connectivity index (χ2n) is 4.59. The van der Waals surface area contributed by atoms with Crippen molar-refractivity contribution in [3.8, 4) is 5.75 Å². The minimum atomic E-state index is 0.354. The lowest BCUT2D eigenvalue weighted by atomic mass is 10.1. The van der Waals surface area contributed by atoms with E-state index in [1.165, 1.54) is 18.4 Å². The number of hydrogen-bond acceptors (Lipinski definition) is 3. The van der Waals surface area contributed by atoms with Gasteiger partial charge < -0.3 is 10.4 Å². The highest BCUT2D eigenvalue weighted by Gasteiger charge is 2.17. The SMILES string of the molecule is CN(Cc1cccc(O)c1)C1CCCNC1. The van der Waals surface area contributed by atoms with Gasteiger partial charge in [0.1, 0.15) is 5.75 Å². The molecule has 1 saturated heterocycles. The van der Waals surface area contributed by atoms with Crippen molar-refractivity contribution in [3.63, 3.8) is 0 Å². The number of phenols is 1. The first-order chi connectivity index (χ1) is 7.75. The van der Waals surface area contributed by atoms with E-state index in [9.17, 15) is 5.11 Å². The van der Waals surface area contributed by atoms with Crippen LogP contribution in [0, 0.1) is 0 Å². The second-order valence-corrected chi connectivity index (χ2v) is 4.59. The topological polar surface area (TPSA) is 35.5 Å². The fourth-order valence-corrected chi connectivity index (χ4v) is 2.28. The van der Waals surface area contributed by atoms with Crippen LogP contribution >= 0.6 is 0 Å². The average molecular weight is 220 g/mol. The van der Waals surface area contributed by atoms with Crippen LogP contribution in [0.2, 0.25) is 0 Å². The number of nitrogens with one attached hydrogen (secondary N) is 1. The van der Waals surface area contributed by atoms with Gasteiger partial charge in [-0.2, -0.15) is 0 Å². The van der Waals surface area contributed by atoms with E-state index in [0.29, 0.717) is 11.8 Å². The molecule has 2 N–H and O–H groups in total. The summed E-state index contributed by atoms with van der Waals surface area (Å²) < 4.78 is 0. The molecule has 1 aromatic carbocycles. The van der Waals surface area contributed by atoms with Crippen LogP contribution in [0.3, 0.4) is 0 Å². The van der Waals surface area contributed by atoms with Crippen molar-refractivity contribution in [1.29, 1.82) is 0 Å². The Labute approximate surface area is 97.1 Å². The number of phenolic OH excluding ortho intramolecular Hbond substituents is 1. The molecule has 0 radical (unpaired) electrons. The van der Waals surface area contributed by atoms with Crippen LogP contribution in [0.1, 0.15) is 18.4 Å². The van der Waals surface area contributed by atoms with Crippen LogP contribution in [0.25, 0.3) is 0 Å². The number of aromatic hydroxyl groups is 1. The standard InChI is InChI=1S/C13H20N2O/c1-15(12-5-3-7-14-9-12)10-11-4-2-6-13(16)8-11/h2,4,6,8,12,14,16H,3,5,7,9-10H2,1H3. The van der Waals surface area contributed by atoms with E-state index >= 15 is 0 Å². The first-order valence-corrected chi connectivity index (χ1v) is 5.94. The van der Waals surface area contributed by atoms with Crippen LogP contribution in [-0.4, -0.2) is 36.2 Å². The van der Waals surface area contributed by atoms with E-state index in [1.807, 2.05) is 12.1 Å². The Hall–Kier alpha value is -1.06. The Kier molecular flexibility index (Phi) is 3.80. The van der Waals surface area contributed by atoms with E-state index in [-0.39, 0.29) is 0 Å². The zero-order valence-electron chi connectivity index (χ0n) is 9.82. The summed E-state index contributed by atoms with van der Waals surface area (Å²) in [5.74, 6) is 0.354. The van der Waals surface area contributed by atoms with Gasteiger partial charge in [0.25, 0.3) is 0 Å². The molecule has 0 aliphatic carbocycles. The summed E-state index contributed by atoms with van der Waals surface area (Å²) in [6.45, 7) is 3.13. The number of benzene rings is 1. The molecule has 1 heterocycles. The van der Waals surface area contributed by atoms with Crippen LogP contribution in [0.5, 0.6) is 5.75 Å². The number of hydrogen-bond donors (Lipinski definition) is 2. The number of nitrogens with zero attached hydrogens (tertiary/aromatic N) is 1. The number of rotatable bonds is 3. The summed E-state index contributed by atoms with van der Waals surface area (Å²) in [5, 5.41) is 12.8. The van der Waals surface area contributed by atoms with Gasteiger partial charge in [0, 0.05) is 19.1 Å². The van der Waals surface area contributed by atoms with Crippen molar-refractivity contribution in [2.75, 3.05) is 20.1 Å². The van der Waals surface area contributed by atoms with E-state index in [1.54, 1.807) is 6.07 Å². The van der Waals surface area contributed by atoms with Gasteiger partial charge in [-0.25, -0.2) is 0 Å². The lowest BCUT2D eigenvalue weighted by molar-refractivity contribution is 0.195. The van der Waals surface area contributed by atoms with E-state index in [4.69, 9.17) is 0 Å². The van der Waals surface area contributed by atoms with Crippen molar-refractivity contribution in [2.45, 2.75) is 25.4 Å². The lowest BCUT2D eigenvalue weighted by Crippen LogP contribution is -2.43. The molecule has 2 rings (SSSR count). The summed E-state index contributed by atoms with van der Waals surface area (Å²) in [7, 11) is 2.15. The summed E-state index contributed by atoms with van der Waals surface area (Å²) in [5.41, 5.74) is 1.17. The molecule has 1 aromatic rings. The molecule has 16 heavy (non-hydrogen) atoms. The highest BCUT2D eigenvalue weighted by Crippen LogP contribution is 2.15. The summed E-state index contributed by atoms with van der Waals surface area (Å²) in [6.07, 6.45) is 2.53. The maximum Gasteiger partial charge on any atom is 0.115 e. The number of piperidine rings is 1. The van der Waals surface area contributed by atoms with Gasteiger partial charge in [0.05, 0.1) is 0 Å². The fraction of sp³-hybridized carbons (Fsp3) is 0.538. The third-order valence-electron chi connectivity index (χ3n) is 3.24. The quantitative estimate of drug-likeness (QED) is 0.811. The second kappa shape index (κ2) is 5.32. The monoisotopic (exact) mass is 220 g/mol. The molecule has 3 nitrogen and oxygen atoms in total. The zero-order valence-corrected chi connectivity index (χ0v) is 9.82. The van der Waals surface area contributed by atoms with Crippen LogP contribution < -0.4 is 5.32 Å². The molecule has 0 spiro atoms. The minimum absolute atomic E-state index is 0.354. The third-order valence-corrected chi connectivity index (χ3v) is 3.24.